The van der Waals surface area contributed by atoms with Gasteiger partial charge in [0.1, 0.15) is 24.5 Å². The van der Waals surface area contributed by atoms with E-state index in [1.54, 1.807) is 6.92 Å². The Hall–Kier alpha value is -2.39. The molecule has 0 bridgehead atoms. The van der Waals surface area contributed by atoms with Crippen molar-refractivity contribution in [2.24, 2.45) is 5.92 Å². The molecule has 2 N–H and O–H groups in total. The van der Waals surface area contributed by atoms with Gasteiger partial charge in [0.25, 0.3) is 0 Å². The molecule has 1 aromatic rings. The number of aryl methyl sites for hydroxylation is 1. The lowest BCUT2D eigenvalue weighted by Crippen LogP contribution is -2.55. The zero-order chi connectivity index (χ0) is 22.4. The van der Waals surface area contributed by atoms with Crippen LogP contribution in [0, 0.1) is 12.8 Å². The molecule has 3 rings (SSSR count). The van der Waals surface area contributed by atoms with Gasteiger partial charge >= 0.3 is 6.09 Å². The van der Waals surface area contributed by atoms with E-state index in [4.69, 9.17) is 13.9 Å². The molecule has 2 amide bonds. The second-order valence-corrected chi connectivity index (χ2v) is 8.71. The Kier molecular flexibility index (Phi) is 8.09. The van der Waals surface area contributed by atoms with E-state index in [1.807, 2.05) is 13.8 Å². The SMILES string of the molecule is Cc1occc1OC(=O)N[C@@H](CCC(C)C)C(=O)NC1C(=O)COC1CN1CCCC1. The number of nitrogens with zero attached hydrogens (tertiary/aromatic N) is 1. The molecule has 9 nitrogen and oxygen atoms in total. The van der Waals surface area contributed by atoms with E-state index in [0.29, 0.717) is 30.4 Å². The van der Waals surface area contributed by atoms with Crippen molar-refractivity contribution in [1.82, 2.24) is 15.5 Å². The van der Waals surface area contributed by atoms with E-state index < -0.39 is 24.1 Å². The third-order valence-corrected chi connectivity index (χ3v) is 5.75. The lowest BCUT2D eigenvalue weighted by molar-refractivity contribution is -0.127. The first-order chi connectivity index (χ1) is 14.8. The molecule has 172 valence electrons. The van der Waals surface area contributed by atoms with Crippen molar-refractivity contribution in [2.45, 2.75) is 64.6 Å². The maximum Gasteiger partial charge on any atom is 0.413 e. The van der Waals surface area contributed by atoms with Gasteiger partial charge in [-0.15, -0.1) is 0 Å². The standard InChI is InChI=1S/C22H33N3O6/c1-14(2)6-7-16(23-22(28)31-18-8-11-29-15(18)3)21(27)24-20-17(26)13-30-19(20)12-25-9-4-5-10-25/h8,11,14,16,19-20H,4-7,9-10,12-13H2,1-3H3,(H,23,28)(H,24,27)/t16-,19?,20?/m0/s1. The van der Waals surface area contributed by atoms with E-state index >= 15 is 0 Å². The summed E-state index contributed by atoms with van der Waals surface area (Å²) >= 11 is 0. The molecule has 2 unspecified atom stereocenters. The number of nitrogens with one attached hydrogen (secondary N) is 2. The largest absolute Gasteiger partial charge is 0.466 e. The zero-order valence-corrected chi connectivity index (χ0v) is 18.5. The number of hydrogen-bond donors (Lipinski definition) is 2. The van der Waals surface area contributed by atoms with Crippen LogP contribution in [0.1, 0.15) is 45.3 Å². The number of carbonyl (C=O) groups excluding carboxylic acids is 3. The molecule has 0 saturated carbocycles. The topological polar surface area (TPSA) is 110 Å². The Morgan fingerprint density at radius 1 is 1.26 bits per heavy atom. The summed E-state index contributed by atoms with van der Waals surface area (Å²) < 4.78 is 16.0. The zero-order valence-electron chi connectivity index (χ0n) is 18.5. The van der Waals surface area contributed by atoms with E-state index in [-0.39, 0.29) is 18.5 Å². The first-order valence-electron chi connectivity index (χ1n) is 11.0. The van der Waals surface area contributed by atoms with Crippen LogP contribution in [0.5, 0.6) is 5.75 Å². The van der Waals surface area contributed by atoms with Gasteiger partial charge in [-0.2, -0.15) is 0 Å². The van der Waals surface area contributed by atoms with Crippen molar-refractivity contribution in [3.63, 3.8) is 0 Å². The lowest BCUT2D eigenvalue weighted by Gasteiger charge is -2.26. The summed E-state index contributed by atoms with van der Waals surface area (Å²) in [7, 11) is 0. The first kappa shape index (κ1) is 23.3. The number of furan rings is 1. The number of amides is 2. The third kappa shape index (κ3) is 6.54. The van der Waals surface area contributed by atoms with E-state index in [9.17, 15) is 14.4 Å². The summed E-state index contributed by atoms with van der Waals surface area (Å²) in [6.07, 6.45) is 3.75. The summed E-state index contributed by atoms with van der Waals surface area (Å²) in [5.41, 5.74) is 0. The number of ketones is 1. The van der Waals surface area contributed by atoms with Crippen LogP contribution in [0.15, 0.2) is 16.7 Å². The average Bonchev–Trinajstić information content (AvgIpc) is 3.44. The number of carbonyl (C=O) groups is 3. The number of hydrogen-bond acceptors (Lipinski definition) is 7. The molecule has 2 aliphatic heterocycles. The number of likely N-dealkylation sites (tertiary alicyclic amines) is 1. The second-order valence-electron chi connectivity index (χ2n) is 8.71. The van der Waals surface area contributed by atoms with Gasteiger partial charge in [0.15, 0.2) is 11.5 Å². The highest BCUT2D eigenvalue weighted by Crippen LogP contribution is 2.19. The minimum atomic E-state index is -0.817. The van der Waals surface area contributed by atoms with Crippen molar-refractivity contribution in [3.8, 4) is 5.75 Å². The van der Waals surface area contributed by atoms with Crippen LogP contribution in [0.3, 0.4) is 0 Å². The molecule has 0 spiro atoms. The maximum absolute atomic E-state index is 13.0. The molecular formula is C22H33N3O6. The van der Waals surface area contributed by atoms with Gasteiger partial charge in [0.05, 0.1) is 12.4 Å². The smallest absolute Gasteiger partial charge is 0.413 e. The molecule has 0 aromatic carbocycles. The van der Waals surface area contributed by atoms with Crippen LogP contribution in [-0.2, 0) is 14.3 Å². The number of Topliss-reactive ketones (excluding diaryl/α,β-unsaturated/α-hetero) is 1. The maximum atomic E-state index is 13.0. The Bertz CT molecular complexity index is 771. The van der Waals surface area contributed by atoms with Gasteiger partial charge in [-0.25, -0.2) is 4.79 Å². The molecule has 0 radical (unpaired) electrons. The normalized spacial score (nSPS) is 22.6. The monoisotopic (exact) mass is 435 g/mol. The summed E-state index contributed by atoms with van der Waals surface area (Å²) in [6, 6.07) is 0.0156. The lowest BCUT2D eigenvalue weighted by atomic mass is 10.0. The predicted octanol–water partition coefficient (Wildman–Crippen LogP) is 2.03. The first-order valence-corrected chi connectivity index (χ1v) is 11.0. The molecular weight excluding hydrogens is 402 g/mol. The average molecular weight is 436 g/mol. The third-order valence-electron chi connectivity index (χ3n) is 5.75. The Balaban J connectivity index is 1.61. The van der Waals surface area contributed by atoms with Crippen LogP contribution >= 0.6 is 0 Å². The van der Waals surface area contributed by atoms with Gasteiger partial charge in [-0.05, 0) is 51.6 Å². The predicted molar refractivity (Wildman–Crippen MR) is 113 cm³/mol. The van der Waals surface area contributed by atoms with Gasteiger partial charge in [0.2, 0.25) is 5.91 Å². The minimum Gasteiger partial charge on any atom is -0.466 e. The second kappa shape index (κ2) is 10.8. The highest BCUT2D eigenvalue weighted by atomic mass is 16.6. The van der Waals surface area contributed by atoms with E-state index in [1.165, 1.54) is 12.3 Å². The number of ether oxygens (including phenoxy) is 2. The fourth-order valence-corrected chi connectivity index (χ4v) is 3.91. The van der Waals surface area contributed by atoms with Crippen molar-refractivity contribution >= 4 is 17.8 Å². The highest BCUT2D eigenvalue weighted by Gasteiger charge is 2.39. The van der Waals surface area contributed by atoms with Crippen LogP contribution in [0.25, 0.3) is 0 Å². The molecule has 2 fully saturated rings. The molecule has 2 aliphatic rings. The summed E-state index contributed by atoms with van der Waals surface area (Å²) in [5, 5.41) is 5.46. The Morgan fingerprint density at radius 2 is 2.00 bits per heavy atom. The van der Waals surface area contributed by atoms with Crippen LogP contribution in [0.2, 0.25) is 0 Å². The van der Waals surface area contributed by atoms with Gasteiger partial charge in [0, 0.05) is 12.6 Å². The molecule has 1 aromatic heterocycles. The molecule has 2 saturated heterocycles. The quantitative estimate of drug-likeness (QED) is 0.611. The minimum absolute atomic E-state index is 0.00461. The van der Waals surface area contributed by atoms with Crippen LogP contribution in [-0.4, -0.2) is 67.1 Å². The summed E-state index contributed by atoms with van der Waals surface area (Å²) in [5.74, 6) is 0.569. The van der Waals surface area contributed by atoms with E-state index in [0.717, 1.165) is 32.4 Å². The van der Waals surface area contributed by atoms with Gasteiger partial charge in [-0.3, -0.25) is 9.59 Å². The van der Waals surface area contributed by atoms with Crippen molar-refractivity contribution in [1.29, 1.82) is 0 Å². The Labute approximate surface area is 182 Å². The summed E-state index contributed by atoms with van der Waals surface area (Å²) in [4.78, 5) is 40.0. The van der Waals surface area contributed by atoms with E-state index in [2.05, 4.69) is 15.5 Å². The Morgan fingerprint density at radius 3 is 2.65 bits per heavy atom. The molecule has 9 heteroatoms. The summed E-state index contributed by atoms with van der Waals surface area (Å²) in [6.45, 7) is 8.33. The van der Waals surface area contributed by atoms with Crippen LogP contribution in [0.4, 0.5) is 4.79 Å². The fraction of sp³-hybridized carbons (Fsp3) is 0.682. The van der Waals surface area contributed by atoms with Crippen molar-refractivity contribution < 1.29 is 28.3 Å². The number of rotatable bonds is 9. The molecule has 3 atom stereocenters. The van der Waals surface area contributed by atoms with Crippen LogP contribution < -0.4 is 15.4 Å². The van der Waals surface area contributed by atoms with Gasteiger partial charge in [-0.1, -0.05) is 13.8 Å². The molecule has 31 heavy (non-hydrogen) atoms. The fourth-order valence-electron chi connectivity index (χ4n) is 3.91. The van der Waals surface area contributed by atoms with Gasteiger partial charge < -0.3 is 29.4 Å². The highest BCUT2D eigenvalue weighted by molar-refractivity contribution is 5.94. The molecule has 3 heterocycles. The van der Waals surface area contributed by atoms with Crippen molar-refractivity contribution in [2.75, 3.05) is 26.2 Å². The van der Waals surface area contributed by atoms with Crippen molar-refractivity contribution in [3.05, 3.63) is 18.1 Å². The molecule has 0 aliphatic carbocycles.